The molecule has 33 heavy (non-hydrogen) atoms. The van der Waals surface area contributed by atoms with Crippen LogP contribution in [-0.4, -0.2) is 25.6 Å². The highest BCUT2D eigenvalue weighted by molar-refractivity contribution is 9.10. The zero-order chi connectivity index (χ0) is 23.4. The van der Waals surface area contributed by atoms with Crippen LogP contribution < -0.4 is 10.5 Å². The summed E-state index contributed by atoms with van der Waals surface area (Å²) < 4.78 is 30.1. The molecule has 6 rings (SSSR count). The minimum atomic E-state index is -3.86. The molecule has 5 aliphatic rings. The quantitative estimate of drug-likeness (QED) is 0.541. The second-order valence-corrected chi connectivity index (χ2v) is 13.6. The first-order valence-corrected chi connectivity index (χ1v) is 14.5. The summed E-state index contributed by atoms with van der Waals surface area (Å²) in [6, 6.07) is 6.73. The molecule has 5 saturated carbocycles. The fraction of sp³-hybridized carbons (Fsp3) is 0.680. The minimum Gasteiger partial charge on any atom is -0.369 e. The maximum atomic E-state index is 13.9. The van der Waals surface area contributed by atoms with E-state index < -0.39 is 15.6 Å². The van der Waals surface area contributed by atoms with E-state index in [0.717, 1.165) is 51.4 Å². The second kappa shape index (κ2) is 8.45. The summed E-state index contributed by atoms with van der Waals surface area (Å²) >= 11 is 3.35. The Bertz CT molecular complexity index is 1050. The molecular formula is C25H33BrN2O4S. The number of hydrogen-bond acceptors (Lipinski definition) is 4. The van der Waals surface area contributed by atoms with Crippen LogP contribution in [0.4, 0.5) is 0 Å². The van der Waals surface area contributed by atoms with Crippen molar-refractivity contribution in [2.75, 3.05) is 0 Å². The van der Waals surface area contributed by atoms with Gasteiger partial charge in [0.1, 0.15) is 0 Å². The highest BCUT2D eigenvalue weighted by atomic mass is 79.9. The SMILES string of the molecule is NC(=O)C12CC3CC(C1)C(CC(=O)C1(NS(=O)(=O)c4ccccc4Br)CCCCC1)C(C3)C2. The van der Waals surface area contributed by atoms with Crippen LogP contribution in [-0.2, 0) is 19.6 Å². The molecule has 5 aliphatic carbocycles. The van der Waals surface area contributed by atoms with Crippen LogP contribution in [0.2, 0.25) is 0 Å². The van der Waals surface area contributed by atoms with Gasteiger partial charge in [-0.25, -0.2) is 8.42 Å². The van der Waals surface area contributed by atoms with E-state index >= 15 is 0 Å². The maximum Gasteiger partial charge on any atom is 0.242 e. The van der Waals surface area contributed by atoms with Gasteiger partial charge < -0.3 is 5.73 Å². The average molecular weight is 538 g/mol. The van der Waals surface area contributed by atoms with Crippen molar-refractivity contribution in [2.24, 2.45) is 34.8 Å². The molecule has 6 nitrogen and oxygen atoms in total. The fourth-order valence-electron chi connectivity index (χ4n) is 7.74. The monoisotopic (exact) mass is 536 g/mol. The van der Waals surface area contributed by atoms with E-state index in [1.165, 1.54) is 0 Å². The summed E-state index contributed by atoms with van der Waals surface area (Å²) in [5.41, 5.74) is 4.41. The van der Waals surface area contributed by atoms with E-state index in [9.17, 15) is 18.0 Å². The molecule has 1 amide bonds. The first-order valence-electron chi connectivity index (χ1n) is 12.3. The smallest absolute Gasteiger partial charge is 0.242 e. The van der Waals surface area contributed by atoms with E-state index in [4.69, 9.17) is 5.73 Å². The molecule has 8 heteroatoms. The maximum absolute atomic E-state index is 13.9. The third-order valence-electron chi connectivity index (χ3n) is 9.11. The van der Waals surface area contributed by atoms with Gasteiger partial charge in [0.15, 0.2) is 5.78 Å². The number of carbonyl (C=O) groups excluding carboxylic acids is 2. The summed E-state index contributed by atoms with van der Waals surface area (Å²) in [7, 11) is -3.86. The largest absolute Gasteiger partial charge is 0.369 e. The Balaban J connectivity index is 1.39. The lowest BCUT2D eigenvalue weighted by Crippen LogP contribution is -2.59. The normalized spacial score (nSPS) is 34.8. The predicted octanol–water partition coefficient (Wildman–Crippen LogP) is 4.32. The Morgan fingerprint density at radius 3 is 2.27 bits per heavy atom. The van der Waals surface area contributed by atoms with Crippen LogP contribution >= 0.6 is 15.9 Å². The predicted molar refractivity (Wildman–Crippen MR) is 129 cm³/mol. The topological polar surface area (TPSA) is 106 Å². The molecule has 0 radical (unpaired) electrons. The molecule has 1 aromatic carbocycles. The number of sulfonamides is 1. The van der Waals surface area contributed by atoms with Crippen LogP contribution in [0.1, 0.15) is 70.6 Å². The summed E-state index contributed by atoms with van der Waals surface area (Å²) in [4.78, 5) is 26.3. The van der Waals surface area contributed by atoms with Crippen LogP contribution in [0.15, 0.2) is 33.6 Å². The van der Waals surface area contributed by atoms with Crippen LogP contribution in [0.25, 0.3) is 0 Å². The van der Waals surface area contributed by atoms with Crippen molar-refractivity contribution in [3.8, 4) is 0 Å². The van der Waals surface area contributed by atoms with Crippen LogP contribution in [0.5, 0.6) is 0 Å². The van der Waals surface area contributed by atoms with Gasteiger partial charge in [-0.05, 0) is 96.7 Å². The molecule has 0 aromatic heterocycles. The summed E-state index contributed by atoms with van der Waals surface area (Å²) in [5.74, 6) is 1.31. The van der Waals surface area contributed by atoms with E-state index in [1.54, 1.807) is 24.3 Å². The molecule has 2 atom stereocenters. The van der Waals surface area contributed by atoms with E-state index in [1.807, 2.05) is 0 Å². The van der Waals surface area contributed by atoms with Crippen LogP contribution in [0, 0.1) is 29.1 Å². The number of primary amides is 1. The molecule has 4 bridgehead atoms. The van der Waals surface area contributed by atoms with Crippen molar-refractivity contribution >= 4 is 37.6 Å². The van der Waals surface area contributed by atoms with Crippen molar-refractivity contribution in [2.45, 2.75) is 81.1 Å². The molecular weight excluding hydrogens is 504 g/mol. The Labute approximate surface area is 204 Å². The number of carbonyl (C=O) groups is 2. The molecule has 1 aromatic rings. The lowest BCUT2D eigenvalue weighted by molar-refractivity contribution is -0.152. The zero-order valence-corrected chi connectivity index (χ0v) is 21.3. The summed E-state index contributed by atoms with van der Waals surface area (Å²) in [6.45, 7) is 0. The van der Waals surface area contributed by atoms with Gasteiger partial charge in [0.05, 0.1) is 10.4 Å². The number of rotatable bonds is 7. The van der Waals surface area contributed by atoms with E-state index in [2.05, 4.69) is 20.7 Å². The van der Waals surface area contributed by atoms with Gasteiger partial charge in [0.2, 0.25) is 15.9 Å². The number of halogens is 1. The van der Waals surface area contributed by atoms with Crippen molar-refractivity contribution in [1.29, 1.82) is 0 Å². The Kier molecular flexibility index (Phi) is 6.02. The average Bonchev–Trinajstić information content (AvgIpc) is 2.76. The number of benzene rings is 1. The number of hydrogen-bond donors (Lipinski definition) is 2. The molecule has 5 fully saturated rings. The van der Waals surface area contributed by atoms with Crippen LogP contribution in [0.3, 0.4) is 0 Å². The Morgan fingerprint density at radius 1 is 1.03 bits per heavy atom. The summed E-state index contributed by atoms with van der Waals surface area (Å²) in [5, 5.41) is 0. The lowest BCUT2D eigenvalue weighted by Gasteiger charge is -2.59. The zero-order valence-electron chi connectivity index (χ0n) is 18.9. The van der Waals surface area contributed by atoms with Gasteiger partial charge in [-0.15, -0.1) is 0 Å². The fourth-order valence-corrected chi connectivity index (χ4v) is 10.2. The third-order valence-corrected chi connectivity index (χ3v) is 11.7. The highest BCUT2D eigenvalue weighted by Crippen LogP contribution is 2.63. The van der Waals surface area contributed by atoms with Gasteiger partial charge in [0, 0.05) is 16.3 Å². The van der Waals surface area contributed by atoms with Crippen molar-refractivity contribution in [1.82, 2.24) is 4.72 Å². The van der Waals surface area contributed by atoms with E-state index in [-0.39, 0.29) is 27.9 Å². The third kappa shape index (κ3) is 4.10. The molecule has 0 spiro atoms. The molecule has 180 valence electrons. The van der Waals surface area contributed by atoms with Crippen molar-refractivity contribution in [3.05, 3.63) is 28.7 Å². The first-order chi connectivity index (χ1) is 15.6. The molecule has 3 N–H and O–H groups in total. The minimum absolute atomic E-state index is 0.0310. The summed E-state index contributed by atoms with van der Waals surface area (Å²) in [6.07, 6.45) is 8.83. The number of ketones is 1. The molecule has 2 unspecified atom stereocenters. The number of nitrogens with one attached hydrogen (secondary N) is 1. The number of nitrogens with two attached hydrogens (primary N) is 1. The second-order valence-electron chi connectivity index (χ2n) is 11.1. The molecule has 0 saturated heterocycles. The number of amides is 1. The lowest BCUT2D eigenvalue weighted by atomic mass is 9.45. The Morgan fingerprint density at radius 2 is 1.67 bits per heavy atom. The van der Waals surface area contributed by atoms with Gasteiger partial charge >= 0.3 is 0 Å². The Hall–Kier alpha value is -1.25. The van der Waals surface area contributed by atoms with Gasteiger partial charge in [-0.1, -0.05) is 31.4 Å². The van der Waals surface area contributed by atoms with Gasteiger partial charge in [-0.3, -0.25) is 9.59 Å². The first kappa shape index (κ1) is 23.5. The molecule has 0 aliphatic heterocycles. The molecule has 0 heterocycles. The van der Waals surface area contributed by atoms with E-state index in [0.29, 0.717) is 41.5 Å². The van der Waals surface area contributed by atoms with Crippen molar-refractivity contribution < 1.29 is 18.0 Å². The standard InChI is InChI=1S/C25H33BrN2O4S/c26-20-6-2-3-7-21(20)33(31,32)28-25(8-4-1-5-9-25)22(29)12-19-17-10-16-11-18(19)15-24(13-16,14-17)23(27)30/h2-3,6-7,16-19,28H,1,4-5,8-15H2,(H2,27,30). The van der Waals surface area contributed by atoms with Gasteiger partial charge in [0.25, 0.3) is 0 Å². The highest BCUT2D eigenvalue weighted by Gasteiger charge is 2.58. The van der Waals surface area contributed by atoms with Gasteiger partial charge in [-0.2, -0.15) is 4.72 Å². The van der Waals surface area contributed by atoms with Crippen molar-refractivity contribution in [3.63, 3.8) is 0 Å². The number of Topliss-reactive ketones (excluding diaryl/α,β-unsaturated/α-hetero) is 1.